The number of hydrogen-bond donors (Lipinski definition) is 1. The monoisotopic (exact) mass is 410 g/mol. The van der Waals surface area contributed by atoms with Gasteiger partial charge in [-0.25, -0.2) is 13.2 Å². The fourth-order valence-corrected chi connectivity index (χ4v) is 2.98. The van der Waals surface area contributed by atoms with Crippen LogP contribution in [-0.2, 0) is 14.8 Å². The van der Waals surface area contributed by atoms with Crippen LogP contribution >= 0.6 is 11.6 Å². The number of hydrogen-bond acceptors (Lipinski definition) is 5. The lowest BCUT2D eigenvalue weighted by Crippen LogP contribution is -2.25. The molecule has 0 aliphatic carbocycles. The molecule has 0 saturated carbocycles. The first kappa shape index (κ1) is 20.7. The van der Waals surface area contributed by atoms with Crippen LogP contribution in [-0.4, -0.2) is 40.2 Å². The summed E-state index contributed by atoms with van der Waals surface area (Å²) >= 11 is 6.05. The highest BCUT2D eigenvalue weighted by Crippen LogP contribution is 2.28. The summed E-state index contributed by atoms with van der Waals surface area (Å²) in [6.07, 6.45) is 1.04. The van der Waals surface area contributed by atoms with Crippen LogP contribution in [0.1, 0.15) is 27.6 Å². The SMILES string of the molecule is CCOC(=O)c1ccc(NC(=O)c2ccc(Cl)c(N(C)S(C)(=O)=O)c2)cc1. The predicted octanol–water partition coefficient (Wildman–Crippen LogP) is 3.16. The first-order chi connectivity index (χ1) is 12.6. The average molecular weight is 411 g/mol. The molecule has 1 N–H and O–H groups in total. The van der Waals surface area contributed by atoms with Crippen molar-refractivity contribution in [2.24, 2.45) is 0 Å². The second-order valence-corrected chi connectivity index (χ2v) is 8.07. The van der Waals surface area contributed by atoms with Gasteiger partial charge in [-0.2, -0.15) is 0 Å². The van der Waals surface area contributed by atoms with E-state index in [-0.39, 0.29) is 22.9 Å². The summed E-state index contributed by atoms with van der Waals surface area (Å²) in [7, 11) is -2.17. The van der Waals surface area contributed by atoms with Crippen LogP contribution in [0.4, 0.5) is 11.4 Å². The minimum Gasteiger partial charge on any atom is -0.462 e. The Morgan fingerprint density at radius 3 is 2.26 bits per heavy atom. The average Bonchev–Trinajstić information content (AvgIpc) is 2.61. The molecule has 0 radical (unpaired) electrons. The van der Waals surface area contributed by atoms with Gasteiger partial charge in [-0.1, -0.05) is 11.6 Å². The lowest BCUT2D eigenvalue weighted by atomic mass is 10.1. The van der Waals surface area contributed by atoms with Crippen LogP contribution in [0.5, 0.6) is 0 Å². The summed E-state index contributed by atoms with van der Waals surface area (Å²) in [5.74, 6) is -0.889. The number of nitrogens with zero attached hydrogens (tertiary/aromatic N) is 1. The van der Waals surface area contributed by atoms with Gasteiger partial charge in [0.25, 0.3) is 5.91 Å². The second kappa shape index (κ2) is 8.41. The molecular formula is C18H19ClN2O5S. The van der Waals surface area contributed by atoms with Gasteiger partial charge >= 0.3 is 5.97 Å². The Labute approximate surface area is 162 Å². The van der Waals surface area contributed by atoms with E-state index < -0.39 is 21.9 Å². The van der Waals surface area contributed by atoms with Crippen LogP contribution in [0.15, 0.2) is 42.5 Å². The molecule has 0 bridgehead atoms. The van der Waals surface area contributed by atoms with Gasteiger partial charge in [0.05, 0.1) is 29.1 Å². The van der Waals surface area contributed by atoms with Crippen LogP contribution in [0, 0.1) is 0 Å². The zero-order valence-corrected chi connectivity index (χ0v) is 16.6. The number of benzene rings is 2. The Morgan fingerprint density at radius 1 is 1.11 bits per heavy atom. The zero-order chi connectivity index (χ0) is 20.2. The zero-order valence-electron chi connectivity index (χ0n) is 15.0. The molecule has 9 heteroatoms. The molecule has 2 aromatic carbocycles. The van der Waals surface area contributed by atoms with Crippen molar-refractivity contribution >= 4 is 44.9 Å². The van der Waals surface area contributed by atoms with Crippen molar-refractivity contribution in [2.75, 3.05) is 29.5 Å². The van der Waals surface area contributed by atoms with Crippen molar-refractivity contribution in [1.29, 1.82) is 0 Å². The van der Waals surface area contributed by atoms with Crippen molar-refractivity contribution in [1.82, 2.24) is 0 Å². The van der Waals surface area contributed by atoms with E-state index in [0.29, 0.717) is 11.3 Å². The van der Waals surface area contributed by atoms with Gasteiger partial charge in [0.15, 0.2) is 0 Å². The molecule has 1 amide bonds. The molecule has 0 unspecified atom stereocenters. The van der Waals surface area contributed by atoms with Crippen LogP contribution in [0.2, 0.25) is 5.02 Å². The summed E-state index contributed by atoms with van der Waals surface area (Å²) in [4.78, 5) is 24.1. The highest BCUT2D eigenvalue weighted by molar-refractivity contribution is 7.92. The topological polar surface area (TPSA) is 92.8 Å². The normalized spacial score (nSPS) is 11.0. The van der Waals surface area contributed by atoms with Gasteiger partial charge in [-0.15, -0.1) is 0 Å². The molecule has 0 heterocycles. The van der Waals surface area contributed by atoms with E-state index in [2.05, 4.69) is 5.32 Å². The number of carbonyl (C=O) groups is 2. The molecule has 0 fully saturated rings. The van der Waals surface area contributed by atoms with Crippen LogP contribution in [0.25, 0.3) is 0 Å². The first-order valence-corrected chi connectivity index (χ1v) is 10.2. The smallest absolute Gasteiger partial charge is 0.338 e. The number of rotatable bonds is 6. The minimum atomic E-state index is -3.52. The molecule has 0 saturated heterocycles. The Balaban J connectivity index is 2.20. The van der Waals surface area contributed by atoms with E-state index in [1.165, 1.54) is 25.2 Å². The number of halogens is 1. The quantitative estimate of drug-likeness (QED) is 0.738. The molecule has 2 aromatic rings. The minimum absolute atomic E-state index is 0.199. The second-order valence-electron chi connectivity index (χ2n) is 5.65. The molecule has 144 valence electrons. The molecule has 0 aliphatic heterocycles. The van der Waals surface area contributed by atoms with Crippen molar-refractivity contribution in [3.63, 3.8) is 0 Å². The van der Waals surface area contributed by atoms with E-state index in [4.69, 9.17) is 16.3 Å². The van der Waals surface area contributed by atoms with E-state index >= 15 is 0 Å². The largest absolute Gasteiger partial charge is 0.462 e. The highest BCUT2D eigenvalue weighted by atomic mass is 35.5. The van der Waals surface area contributed by atoms with Crippen LogP contribution < -0.4 is 9.62 Å². The van der Waals surface area contributed by atoms with E-state index in [9.17, 15) is 18.0 Å². The maximum Gasteiger partial charge on any atom is 0.338 e. The lowest BCUT2D eigenvalue weighted by Gasteiger charge is -2.18. The summed E-state index contributed by atoms with van der Waals surface area (Å²) in [6, 6.07) is 10.6. The Hall–Kier alpha value is -2.58. The molecule has 0 spiro atoms. The Kier molecular flexibility index (Phi) is 6.45. The number of ether oxygens (including phenoxy) is 1. The fourth-order valence-electron chi connectivity index (χ4n) is 2.18. The summed E-state index contributed by atoms with van der Waals surface area (Å²) < 4.78 is 29.3. The Bertz CT molecular complexity index is 958. The van der Waals surface area contributed by atoms with Crippen molar-refractivity contribution in [3.8, 4) is 0 Å². The molecule has 0 aromatic heterocycles. The van der Waals surface area contributed by atoms with Gasteiger partial charge in [-0.3, -0.25) is 9.10 Å². The molecule has 0 atom stereocenters. The van der Waals surface area contributed by atoms with E-state index in [1.54, 1.807) is 31.2 Å². The number of carbonyl (C=O) groups excluding carboxylic acids is 2. The highest BCUT2D eigenvalue weighted by Gasteiger charge is 2.18. The van der Waals surface area contributed by atoms with Gasteiger partial charge in [0.2, 0.25) is 10.0 Å². The van der Waals surface area contributed by atoms with Gasteiger partial charge < -0.3 is 10.1 Å². The molecule has 27 heavy (non-hydrogen) atoms. The van der Waals surface area contributed by atoms with Crippen molar-refractivity contribution < 1.29 is 22.7 Å². The molecule has 0 aliphatic rings. The number of sulfonamides is 1. The maximum atomic E-state index is 12.5. The van der Waals surface area contributed by atoms with Gasteiger partial charge in [0.1, 0.15) is 0 Å². The Morgan fingerprint density at radius 2 is 1.70 bits per heavy atom. The standard InChI is InChI=1S/C18H19ClN2O5S/c1-4-26-18(23)12-5-8-14(9-6-12)20-17(22)13-7-10-15(19)16(11-13)21(2)27(3,24)25/h5-11H,4H2,1-3H3,(H,20,22). The predicted molar refractivity (Wildman–Crippen MR) is 105 cm³/mol. The number of nitrogens with one attached hydrogen (secondary N) is 1. The summed E-state index contributed by atoms with van der Waals surface area (Å²) in [5, 5.41) is 2.89. The lowest BCUT2D eigenvalue weighted by molar-refractivity contribution is 0.0526. The maximum absolute atomic E-state index is 12.5. The van der Waals surface area contributed by atoms with Crippen LogP contribution in [0.3, 0.4) is 0 Å². The first-order valence-electron chi connectivity index (χ1n) is 7.95. The molecular weight excluding hydrogens is 392 g/mol. The molecule has 7 nitrogen and oxygen atoms in total. The number of esters is 1. The van der Waals surface area contributed by atoms with E-state index in [1.807, 2.05) is 0 Å². The van der Waals surface area contributed by atoms with Crippen molar-refractivity contribution in [2.45, 2.75) is 6.92 Å². The number of amides is 1. The summed E-state index contributed by atoms with van der Waals surface area (Å²) in [6.45, 7) is 1.99. The van der Waals surface area contributed by atoms with E-state index in [0.717, 1.165) is 10.6 Å². The third-order valence-corrected chi connectivity index (χ3v) is 5.21. The fraction of sp³-hybridized carbons (Fsp3) is 0.222. The summed E-state index contributed by atoms with van der Waals surface area (Å²) in [5.41, 5.74) is 1.28. The third-order valence-electron chi connectivity index (χ3n) is 3.70. The van der Waals surface area contributed by atoms with Crippen molar-refractivity contribution in [3.05, 3.63) is 58.6 Å². The number of anilines is 2. The van der Waals surface area contributed by atoms with Gasteiger partial charge in [-0.05, 0) is 49.4 Å². The molecule has 2 rings (SSSR count). The third kappa shape index (κ3) is 5.21. The van der Waals surface area contributed by atoms with Gasteiger partial charge in [0, 0.05) is 18.3 Å².